The molecule has 0 N–H and O–H groups in total. The molecule has 0 fully saturated rings. The molecule has 6 rings (SSSR count). The van der Waals surface area contributed by atoms with E-state index in [1.165, 1.54) is 63.8 Å². The van der Waals surface area contributed by atoms with E-state index in [1.807, 2.05) is 0 Å². The van der Waals surface area contributed by atoms with E-state index in [1.54, 1.807) is 0 Å². The van der Waals surface area contributed by atoms with Gasteiger partial charge in [-0.2, -0.15) is 0 Å². The highest BCUT2D eigenvalue weighted by Crippen LogP contribution is 2.54. The van der Waals surface area contributed by atoms with Crippen LogP contribution in [-0.2, 0) is 10.8 Å². The molecule has 2 atom stereocenters. The van der Waals surface area contributed by atoms with Crippen molar-refractivity contribution in [3.05, 3.63) is 119 Å². The molecule has 2 unspecified atom stereocenters. The van der Waals surface area contributed by atoms with Gasteiger partial charge in [-0.25, -0.2) is 0 Å². The first kappa shape index (κ1) is 22.4. The third kappa shape index (κ3) is 3.41. The van der Waals surface area contributed by atoms with Crippen molar-refractivity contribution < 1.29 is 0 Å². The van der Waals surface area contributed by atoms with E-state index < -0.39 is 0 Å². The van der Waals surface area contributed by atoms with E-state index in [2.05, 4.69) is 125 Å². The van der Waals surface area contributed by atoms with Crippen molar-refractivity contribution in [3.63, 3.8) is 0 Å². The lowest BCUT2D eigenvalue weighted by molar-refractivity contribution is 0.303. The van der Waals surface area contributed by atoms with Gasteiger partial charge >= 0.3 is 0 Å². The molecule has 0 heterocycles. The Bertz CT molecular complexity index is 1190. The van der Waals surface area contributed by atoms with Crippen LogP contribution in [0, 0.1) is 11.8 Å². The highest BCUT2D eigenvalue weighted by Gasteiger charge is 2.42. The van der Waals surface area contributed by atoms with Crippen LogP contribution in [0.5, 0.6) is 0 Å². The first-order valence-corrected chi connectivity index (χ1v) is 13.3. The molecule has 0 saturated carbocycles. The topological polar surface area (TPSA) is 0 Å². The average Bonchev–Trinajstić information content (AvgIpc) is 3.26. The van der Waals surface area contributed by atoms with E-state index in [4.69, 9.17) is 0 Å². The molecule has 0 heteroatoms. The minimum Gasteiger partial charge on any atom is -0.0625 e. The first-order chi connectivity index (χ1) is 16.9. The smallest absolute Gasteiger partial charge is 0.0189 e. The predicted molar refractivity (Wildman–Crippen MR) is 149 cm³/mol. The van der Waals surface area contributed by atoms with Gasteiger partial charge in [0.2, 0.25) is 0 Å². The molecule has 0 nitrogen and oxygen atoms in total. The van der Waals surface area contributed by atoms with Crippen molar-refractivity contribution >= 4 is 0 Å². The molecule has 2 aliphatic carbocycles. The van der Waals surface area contributed by atoms with Crippen molar-refractivity contribution in [1.82, 2.24) is 0 Å². The number of hydrogen-bond acceptors (Lipinski definition) is 0. The van der Waals surface area contributed by atoms with Gasteiger partial charge in [0.25, 0.3) is 0 Å². The van der Waals surface area contributed by atoms with Crippen LogP contribution < -0.4 is 0 Å². The summed E-state index contributed by atoms with van der Waals surface area (Å²) in [5, 5.41) is 0. The van der Waals surface area contributed by atoms with Crippen LogP contribution in [0.4, 0.5) is 0 Å². The number of hydrogen-bond donors (Lipinski definition) is 0. The quantitative estimate of drug-likeness (QED) is 0.271. The molecule has 4 aromatic carbocycles. The summed E-state index contributed by atoms with van der Waals surface area (Å²) >= 11 is 0. The predicted octanol–water partition coefficient (Wildman–Crippen LogP) is 9.40. The summed E-state index contributed by atoms with van der Waals surface area (Å²) in [6.45, 7) is 9.90. The lowest BCUT2D eigenvalue weighted by atomic mass is 9.69. The van der Waals surface area contributed by atoms with E-state index in [-0.39, 0.29) is 10.8 Å². The van der Waals surface area contributed by atoms with Crippen molar-refractivity contribution in [1.29, 1.82) is 0 Å². The van der Waals surface area contributed by atoms with Crippen LogP contribution >= 0.6 is 0 Å². The Morgan fingerprint density at radius 1 is 0.457 bits per heavy atom. The maximum absolute atomic E-state index is 2.48. The van der Waals surface area contributed by atoms with Crippen LogP contribution in [0.25, 0.3) is 22.3 Å². The van der Waals surface area contributed by atoms with Crippen molar-refractivity contribution in [2.75, 3.05) is 0 Å². The van der Waals surface area contributed by atoms with Gasteiger partial charge in [-0.15, -0.1) is 0 Å². The summed E-state index contributed by atoms with van der Waals surface area (Å²) in [6, 6.07) is 36.3. The fourth-order valence-electron chi connectivity index (χ4n) is 7.77. The lowest BCUT2D eigenvalue weighted by Gasteiger charge is -2.34. The Morgan fingerprint density at radius 2 is 0.714 bits per heavy atom. The number of fused-ring (bicyclic) bond motifs is 6. The summed E-state index contributed by atoms with van der Waals surface area (Å²) in [5.41, 5.74) is 11.9. The molecule has 0 saturated heterocycles. The molecule has 0 radical (unpaired) electrons. The van der Waals surface area contributed by atoms with Gasteiger partial charge in [-0.1, -0.05) is 125 Å². The molecule has 0 amide bonds. The second-order valence-electron chi connectivity index (χ2n) is 11.7. The van der Waals surface area contributed by atoms with Crippen molar-refractivity contribution in [2.24, 2.45) is 11.8 Å². The minimum absolute atomic E-state index is 0.0861. The van der Waals surface area contributed by atoms with Gasteiger partial charge in [-0.3, -0.25) is 0 Å². The second-order valence-corrected chi connectivity index (χ2v) is 11.7. The van der Waals surface area contributed by atoms with Gasteiger partial charge in [0.1, 0.15) is 0 Å². The monoisotopic (exact) mass is 456 g/mol. The van der Waals surface area contributed by atoms with E-state index in [9.17, 15) is 0 Å². The zero-order valence-electron chi connectivity index (χ0n) is 21.5. The normalized spacial score (nSPS) is 17.7. The summed E-state index contributed by atoms with van der Waals surface area (Å²) in [7, 11) is 0. The Balaban J connectivity index is 1.25. The minimum atomic E-state index is 0.0861. The molecular formula is C35H36. The third-order valence-corrected chi connectivity index (χ3v) is 8.98. The SMILES string of the molecule is CC(CC(C)CC1(C)c2ccccc2-c2ccccc21)CC1(C)c2ccccc2-c2ccccc21. The van der Waals surface area contributed by atoms with Gasteiger partial charge < -0.3 is 0 Å². The number of benzene rings is 4. The molecule has 0 aromatic heterocycles. The molecule has 2 aliphatic rings. The molecule has 4 aromatic rings. The number of rotatable bonds is 6. The van der Waals surface area contributed by atoms with Crippen molar-refractivity contribution in [3.8, 4) is 22.3 Å². The summed E-state index contributed by atoms with van der Waals surface area (Å²) in [5.74, 6) is 1.29. The van der Waals surface area contributed by atoms with Crippen LogP contribution in [0.2, 0.25) is 0 Å². The summed E-state index contributed by atoms with van der Waals surface area (Å²) in [4.78, 5) is 0. The van der Waals surface area contributed by atoms with Crippen LogP contribution in [0.15, 0.2) is 97.1 Å². The zero-order chi connectivity index (χ0) is 24.2. The molecule has 35 heavy (non-hydrogen) atoms. The zero-order valence-corrected chi connectivity index (χ0v) is 21.5. The molecule has 0 aliphatic heterocycles. The standard InChI is InChI=1S/C35H36/c1-24(22-34(3)30-17-9-5-13-26(30)27-14-6-10-18-31(27)34)21-25(2)23-35(4)32-19-11-7-15-28(32)29-16-8-12-20-33(29)35/h5-20,24-25H,21-23H2,1-4H3. The van der Waals surface area contributed by atoms with Gasteiger partial charge in [0.15, 0.2) is 0 Å². The second kappa shape index (κ2) is 8.23. The fourth-order valence-corrected chi connectivity index (χ4v) is 7.77. The largest absolute Gasteiger partial charge is 0.0625 e. The molecule has 0 bridgehead atoms. The highest BCUT2D eigenvalue weighted by molar-refractivity contribution is 5.81. The molecule has 176 valence electrons. The van der Waals surface area contributed by atoms with E-state index >= 15 is 0 Å². The highest BCUT2D eigenvalue weighted by atomic mass is 14.4. The van der Waals surface area contributed by atoms with Gasteiger partial charge in [-0.05, 0) is 75.6 Å². The Hall–Kier alpha value is -3.12. The fraction of sp³-hybridized carbons (Fsp3) is 0.314. The van der Waals surface area contributed by atoms with Crippen LogP contribution in [0.3, 0.4) is 0 Å². The van der Waals surface area contributed by atoms with Gasteiger partial charge in [0, 0.05) is 10.8 Å². The van der Waals surface area contributed by atoms with Crippen LogP contribution in [-0.4, -0.2) is 0 Å². The Morgan fingerprint density at radius 3 is 1.00 bits per heavy atom. The van der Waals surface area contributed by atoms with E-state index in [0.29, 0.717) is 11.8 Å². The molecular weight excluding hydrogens is 420 g/mol. The van der Waals surface area contributed by atoms with Crippen molar-refractivity contribution in [2.45, 2.75) is 57.8 Å². The maximum atomic E-state index is 2.48. The maximum Gasteiger partial charge on any atom is 0.0189 e. The third-order valence-electron chi connectivity index (χ3n) is 8.98. The molecule has 0 spiro atoms. The summed E-state index contributed by atoms with van der Waals surface area (Å²) < 4.78 is 0. The lowest BCUT2D eigenvalue weighted by Crippen LogP contribution is -2.27. The average molecular weight is 457 g/mol. The Labute approximate surface area is 211 Å². The van der Waals surface area contributed by atoms with E-state index in [0.717, 1.165) is 0 Å². The van der Waals surface area contributed by atoms with Gasteiger partial charge in [0.05, 0.1) is 0 Å². The summed E-state index contributed by atoms with van der Waals surface area (Å²) in [6.07, 6.45) is 3.63. The van der Waals surface area contributed by atoms with Crippen LogP contribution in [0.1, 0.15) is 69.2 Å². The first-order valence-electron chi connectivity index (χ1n) is 13.3. The Kier molecular flexibility index (Phi) is 5.26.